The number of aliphatic hydroxyl groups is 1. The Balaban J connectivity index is 3.01. The SMILES string of the molecule is CC=CC1=CC=CC(OC)C1(O)OCC. The van der Waals surface area contributed by atoms with Crippen molar-refractivity contribution in [1.29, 1.82) is 0 Å². The van der Waals surface area contributed by atoms with Crippen molar-refractivity contribution < 1.29 is 14.6 Å². The quantitative estimate of drug-likeness (QED) is 0.719. The Morgan fingerprint density at radius 1 is 1.60 bits per heavy atom. The van der Waals surface area contributed by atoms with Crippen LogP contribution in [0.3, 0.4) is 0 Å². The van der Waals surface area contributed by atoms with Gasteiger partial charge in [-0.2, -0.15) is 0 Å². The fourth-order valence-corrected chi connectivity index (χ4v) is 1.65. The van der Waals surface area contributed by atoms with Crippen LogP contribution in [0.4, 0.5) is 0 Å². The lowest BCUT2D eigenvalue weighted by atomic mass is 9.94. The Morgan fingerprint density at radius 3 is 2.87 bits per heavy atom. The number of rotatable bonds is 4. The first kappa shape index (κ1) is 12.2. The Labute approximate surface area is 90.7 Å². The highest BCUT2D eigenvalue weighted by atomic mass is 16.6. The topological polar surface area (TPSA) is 38.7 Å². The van der Waals surface area contributed by atoms with Gasteiger partial charge in [0.15, 0.2) is 0 Å². The molecule has 1 aliphatic carbocycles. The van der Waals surface area contributed by atoms with Crippen molar-refractivity contribution in [1.82, 2.24) is 0 Å². The van der Waals surface area contributed by atoms with Crippen molar-refractivity contribution in [3.63, 3.8) is 0 Å². The highest BCUT2D eigenvalue weighted by Gasteiger charge is 2.40. The first-order valence-corrected chi connectivity index (χ1v) is 5.09. The number of allylic oxidation sites excluding steroid dienone is 3. The third-order valence-electron chi connectivity index (χ3n) is 2.33. The first-order valence-electron chi connectivity index (χ1n) is 5.09. The van der Waals surface area contributed by atoms with Gasteiger partial charge in [-0.3, -0.25) is 0 Å². The summed E-state index contributed by atoms with van der Waals surface area (Å²) in [6.07, 6.45) is 8.69. The molecule has 84 valence electrons. The van der Waals surface area contributed by atoms with Gasteiger partial charge in [0.1, 0.15) is 6.10 Å². The van der Waals surface area contributed by atoms with Crippen LogP contribution in [0.25, 0.3) is 0 Å². The molecule has 3 nitrogen and oxygen atoms in total. The zero-order valence-electron chi connectivity index (χ0n) is 9.43. The van der Waals surface area contributed by atoms with Gasteiger partial charge in [-0.15, -0.1) is 0 Å². The second kappa shape index (κ2) is 5.26. The molecule has 0 aliphatic heterocycles. The third kappa shape index (κ3) is 2.37. The Bertz CT molecular complexity index is 291. The van der Waals surface area contributed by atoms with E-state index >= 15 is 0 Å². The fourth-order valence-electron chi connectivity index (χ4n) is 1.65. The molecule has 3 heteroatoms. The van der Waals surface area contributed by atoms with Gasteiger partial charge < -0.3 is 14.6 Å². The van der Waals surface area contributed by atoms with Crippen LogP contribution in [0.15, 0.2) is 36.0 Å². The summed E-state index contributed by atoms with van der Waals surface area (Å²) in [6.45, 7) is 4.17. The van der Waals surface area contributed by atoms with Gasteiger partial charge in [-0.25, -0.2) is 0 Å². The van der Waals surface area contributed by atoms with Crippen molar-refractivity contribution in [3.8, 4) is 0 Å². The molecule has 1 rings (SSSR count). The van der Waals surface area contributed by atoms with Crippen LogP contribution in [0.5, 0.6) is 0 Å². The lowest BCUT2D eigenvalue weighted by Gasteiger charge is -2.35. The second-order valence-corrected chi connectivity index (χ2v) is 3.29. The van der Waals surface area contributed by atoms with Gasteiger partial charge in [0.2, 0.25) is 5.79 Å². The highest BCUT2D eigenvalue weighted by Crippen LogP contribution is 2.30. The van der Waals surface area contributed by atoms with Crippen LogP contribution >= 0.6 is 0 Å². The van der Waals surface area contributed by atoms with E-state index in [0.717, 1.165) is 0 Å². The van der Waals surface area contributed by atoms with E-state index in [1.807, 2.05) is 38.2 Å². The number of hydrogen-bond donors (Lipinski definition) is 1. The minimum absolute atomic E-state index is 0.430. The van der Waals surface area contributed by atoms with Gasteiger partial charge in [0.05, 0.1) is 0 Å². The molecule has 2 atom stereocenters. The standard InChI is InChI=1S/C12H18O3/c1-4-7-10-8-6-9-11(14-3)12(10,13)15-5-2/h4,6-9,11,13H,5H2,1-3H3. The summed E-state index contributed by atoms with van der Waals surface area (Å²) >= 11 is 0. The maximum atomic E-state index is 10.4. The average Bonchev–Trinajstić information content (AvgIpc) is 2.22. The summed E-state index contributed by atoms with van der Waals surface area (Å²) in [5, 5.41) is 10.4. The molecule has 0 saturated heterocycles. The average molecular weight is 210 g/mol. The Hall–Kier alpha value is -0.900. The minimum atomic E-state index is -1.37. The lowest BCUT2D eigenvalue weighted by Crippen LogP contribution is -2.47. The molecule has 0 aromatic carbocycles. The van der Waals surface area contributed by atoms with Crippen LogP contribution in [0, 0.1) is 0 Å². The van der Waals surface area contributed by atoms with Crippen molar-refractivity contribution in [3.05, 3.63) is 36.0 Å². The van der Waals surface area contributed by atoms with E-state index in [2.05, 4.69) is 0 Å². The number of methoxy groups -OCH3 is 1. The number of ether oxygens (including phenoxy) is 2. The summed E-state index contributed by atoms with van der Waals surface area (Å²) < 4.78 is 10.6. The van der Waals surface area contributed by atoms with Crippen LogP contribution in [0.1, 0.15) is 13.8 Å². The van der Waals surface area contributed by atoms with Gasteiger partial charge in [0.25, 0.3) is 0 Å². The smallest absolute Gasteiger partial charge is 0.223 e. The Morgan fingerprint density at radius 2 is 2.33 bits per heavy atom. The summed E-state index contributed by atoms with van der Waals surface area (Å²) in [6, 6.07) is 0. The van der Waals surface area contributed by atoms with E-state index in [4.69, 9.17) is 9.47 Å². The fraction of sp³-hybridized carbons (Fsp3) is 0.500. The summed E-state index contributed by atoms with van der Waals surface area (Å²) in [5.74, 6) is -1.37. The van der Waals surface area contributed by atoms with Crippen molar-refractivity contribution >= 4 is 0 Å². The molecule has 0 amide bonds. The minimum Gasteiger partial charge on any atom is -0.371 e. The third-order valence-corrected chi connectivity index (χ3v) is 2.33. The number of hydrogen-bond acceptors (Lipinski definition) is 3. The van der Waals surface area contributed by atoms with E-state index in [1.54, 1.807) is 13.2 Å². The second-order valence-electron chi connectivity index (χ2n) is 3.29. The van der Waals surface area contributed by atoms with Crippen LogP contribution in [-0.2, 0) is 9.47 Å². The maximum absolute atomic E-state index is 10.4. The zero-order chi connectivity index (χ0) is 11.3. The lowest BCUT2D eigenvalue weighted by molar-refractivity contribution is -0.221. The summed E-state index contributed by atoms with van der Waals surface area (Å²) in [4.78, 5) is 0. The Kier molecular flexibility index (Phi) is 4.27. The van der Waals surface area contributed by atoms with Crippen LogP contribution in [-0.4, -0.2) is 30.7 Å². The zero-order valence-corrected chi connectivity index (χ0v) is 9.43. The normalized spacial score (nSPS) is 30.9. The molecule has 0 spiro atoms. The predicted octanol–water partition coefficient (Wildman–Crippen LogP) is 1.80. The molecule has 0 saturated carbocycles. The summed E-state index contributed by atoms with van der Waals surface area (Å²) in [5.41, 5.74) is 0.709. The molecule has 15 heavy (non-hydrogen) atoms. The molecule has 1 aliphatic rings. The van der Waals surface area contributed by atoms with Crippen LogP contribution < -0.4 is 0 Å². The van der Waals surface area contributed by atoms with E-state index in [1.165, 1.54) is 0 Å². The van der Waals surface area contributed by atoms with Crippen molar-refractivity contribution in [2.75, 3.05) is 13.7 Å². The van der Waals surface area contributed by atoms with E-state index in [9.17, 15) is 5.11 Å². The van der Waals surface area contributed by atoms with Gasteiger partial charge >= 0.3 is 0 Å². The molecule has 2 unspecified atom stereocenters. The van der Waals surface area contributed by atoms with Gasteiger partial charge in [0, 0.05) is 19.3 Å². The van der Waals surface area contributed by atoms with E-state index < -0.39 is 11.9 Å². The summed E-state index contributed by atoms with van der Waals surface area (Å²) in [7, 11) is 1.55. The molecule has 1 N–H and O–H groups in total. The molecule has 0 heterocycles. The largest absolute Gasteiger partial charge is 0.371 e. The monoisotopic (exact) mass is 210 g/mol. The van der Waals surface area contributed by atoms with Gasteiger partial charge in [-0.1, -0.05) is 30.4 Å². The molecular weight excluding hydrogens is 192 g/mol. The maximum Gasteiger partial charge on any atom is 0.223 e. The molecular formula is C12H18O3. The molecule has 0 fully saturated rings. The van der Waals surface area contributed by atoms with Gasteiger partial charge in [-0.05, 0) is 13.8 Å². The van der Waals surface area contributed by atoms with Crippen LogP contribution in [0.2, 0.25) is 0 Å². The van der Waals surface area contributed by atoms with Crippen molar-refractivity contribution in [2.45, 2.75) is 25.7 Å². The molecule has 0 aromatic rings. The molecule has 0 aromatic heterocycles. The van der Waals surface area contributed by atoms with E-state index in [0.29, 0.717) is 12.2 Å². The predicted molar refractivity (Wildman–Crippen MR) is 59.4 cm³/mol. The first-order chi connectivity index (χ1) is 7.19. The van der Waals surface area contributed by atoms with Crippen molar-refractivity contribution in [2.24, 2.45) is 0 Å². The van der Waals surface area contributed by atoms with E-state index in [-0.39, 0.29) is 0 Å². The molecule has 0 bridgehead atoms. The highest BCUT2D eigenvalue weighted by molar-refractivity contribution is 5.36. The molecule has 0 radical (unpaired) electrons.